The molecule has 0 heterocycles. The first-order valence-corrected chi connectivity index (χ1v) is 5.04. The van der Waals surface area contributed by atoms with Crippen molar-refractivity contribution in [3.63, 3.8) is 0 Å². The van der Waals surface area contributed by atoms with E-state index in [1.54, 1.807) is 7.11 Å². The maximum atomic E-state index is 5.28. The van der Waals surface area contributed by atoms with Crippen LogP contribution in [-0.4, -0.2) is 7.11 Å². The molecule has 1 aromatic rings. The lowest BCUT2D eigenvalue weighted by Crippen LogP contribution is -1.92. The van der Waals surface area contributed by atoms with E-state index in [1.165, 1.54) is 5.56 Å². The van der Waals surface area contributed by atoms with E-state index in [2.05, 4.69) is 37.8 Å². The van der Waals surface area contributed by atoms with Gasteiger partial charge in [0.05, 0.1) is 7.11 Å². The van der Waals surface area contributed by atoms with Crippen LogP contribution in [0.15, 0.2) is 42.2 Å². The van der Waals surface area contributed by atoms with E-state index in [0.717, 1.165) is 22.5 Å². The summed E-state index contributed by atoms with van der Waals surface area (Å²) in [5.74, 6) is 0.909. The van der Waals surface area contributed by atoms with E-state index < -0.39 is 0 Å². The number of allylic oxidation sites excluding steroid dienone is 3. The number of hydrogen-bond donors (Lipinski definition) is 0. The topological polar surface area (TPSA) is 9.23 Å². The SMILES string of the molecule is C=C(C)/C(=C(/C)OC)c1ccc(C)cc1. The van der Waals surface area contributed by atoms with Crippen LogP contribution in [0.2, 0.25) is 0 Å². The Hall–Kier alpha value is -1.50. The van der Waals surface area contributed by atoms with Crippen LogP contribution < -0.4 is 0 Å². The Morgan fingerprint density at radius 1 is 1.13 bits per heavy atom. The molecule has 0 unspecified atom stereocenters. The highest BCUT2D eigenvalue weighted by Gasteiger charge is 2.06. The molecule has 1 nitrogen and oxygen atoms in total. The lowest BCUT2D eigenvalue weighted by Gasteiger charge is -2.11. The third kappa shape index (κ3) is 2.72. The van der Waals surface area contributed by atoms with Gasteiger partial charge in [-0.3, -0.25) is 0 Å². The van der Waals surface area contributed by atoms with Crippen molar-refractivity contribution in [3.05, 3.63) is 53.3 Å². The first-order valence-electron chi connectivity index (χ1n) is 5.04. The van der Waals surface area contributed by atoms with Crippen molar-refractivity contribution in [2.45, 2.75) is 20.8 Å². The first-order chi connectivity index (χ1) is 7.06. The van der Waals surface area contributed by atoms with Gasteiger partial charge in [-0.15, -0.1) is 0 Å². The van der Waals surface area contributed by atoms with E-state index >= 15 is 0 Å². The van der Waals surface area contributed by atoms with Crippen molar-refractivity contribution in [2.75, 3.05) is 7.11 Å². The van der Waals surface area contributed by atoms with E-state index in [4.69, 9.17) is 4.74 Å². The molecule has 1 rings (SSSR count). The van der Waals surface area contributed by atoms with Crippen LogP contribution in [0.4, 0.5) is 0 Å². The molecule has 0 aliphatic carbocycles. The van der Waals surface area contributed by atoms with Crippen molar-refractivity contribution in [2.24, 2.45) is 0 Å². The molecule has 0 spiro atoms. The van der Waals surface area contributed by atoms with Crippen LogP contribution in [0.3, 0.4) is 0 Å². The quantitative estimate of drug-likeness (QED) is 0.532. The monoisotopic (exact) mass is 202 g/mol. The van der Waals surface area contributed by atoms with Crippen molar-refractivity contribution in [1.82, 2.24) is 0 Å². The highest BCUT2D eigenvalue weighted by molar-refractivity contribution is 5.79. The zero-order chi connectivity index (χ0) is 11.4. The smallest absolute Gasteiger partial charge is 0.100 e. The molecule has 0 bridgehead atoms. The molecule has 1 heteroatoms. The normalized spacial score (nSPS) is 12.0. The first kappa shape index (κ1) is 11.6. The fourth-order valence-corrected chi connectivity index (χ4v) is 1.57. The molecular formula is C14H18O. The molecule has 80 valence electrons. The van der Waals surface area contributed by atoms with Gasteiger partial charge >= 0.3 is 0 Å². The lowest BCUT2D eigenvalue weighted by atomic mass is 9.98. The Bertz CT molecular complexity index is 382. The molecule has 0 saturated carbocycles. The molecule has 0 fully saturated rings. The van der Waals surface area contributed by atoms with Crippen LogP contribution in [0.5, 0.6) is 0 Å². The molecule has 15 heavy (non-hydrogen) atoms. The highest BCUT2D eigenvalue weighted by atomic mass is 16.5. The molecule has 0 N–H and O–H groups in total. The number of aryl methyl sites for hydroxylation is 1. The van der Waals surface area contributed by atoms with Gasteiger partial charge in [0, 0.05) is 5.57 Å². The third-order valence-corrected chi connectivity index (χ3v) is 2.43. The maximum Gasteiger partial charge on any atom is 0.100 e. The van der Waals surface area contributed by atoms with Crippen molar-refractivity contribution < 1.29 is 4.74 Å². The summed E-state index contributed by atoms with van der Waals surface area (Å²) in [5, 5.41) is 0. The number of methoxy groups -OCH3 is 1. The van der Waals surface area contributed by atoms with Gasteiger partial charge in [0.1, 0.15) is 5.76 Å². The second kappa shape index (κ2) is 4.83. The molecule has 0 radical (unpaired) electrons. The maximum absolute atomic E-state index is 5.28. The minimum Gasteiger partial charge on any atom is -0.501 e. The van der Waals surface area contributed by atoms with E-state index in [-0.39, 0.29) is 0 Å². The summed E-state index contributed by atoms with van der Waals surface area (Å²) >= 11 is 0. The van der Waals surface area contributed by atoms with Gasteiger partial charge < -0.3 is 4.74 Å². The highest BCUT2D eigenvalue weighted by Crippen LogP contribution is 2.25. The predicted octanol–water partition coefficient (Wildman–Crippen LogP) is 3.95. The molecule has 0 atom stereocenters. The molecule has 0 aliphatic rings. The van der Waals surface area contributed by atoms with Crippen LogP contribution in [0.1, 0.15) is 25.0 Å². The summed E-state index contributed by atoms with van der Waals surface area (Å²) in [6.45, 7) is 10.0. The van der Waals surface area contributed by atoms with Gasteiger partial charge in [0.25, 0.3) is 0 Å². The molecule has 0 saturated heterocycles. The molecule has 0 aromatic heterocycles. The van der Waals surface area contributed by atoms with E-state index in [1.807, 2.05) is 13.8 Å². The number of hydrogen-bond acceptors (Lipinski definition) is 1. The van der Waals surface area contributed by atoms with E-state index in [9.17, 15) is 0 Å². The Kier molecular flexibility index (Phi) is 3.73. The van der Waals surface area contributed by atoms with Gasteiger partial charge in [-0.05, 0) is 31.9 Å². The van der Waals surface area contributed by atoms with Crippen molar-refractivity contribution in [1.29, 1.82) is 0 Å². The lowest BCUT2D eigenvalue weighted by molar-refractivity contribution is 0.296. The average molecular weight is 202 g/mol. The van der Waals surface area contributed by atoms with Crippen molar-refractivity contribution in [3.8, 4) is 0 Å². The molecule has 1 aromatic carbocycles. The largest absolute Gasteiger partial charge is 0.501 e. The average Bonchev–Trinajstić information content (AvgIpc) is 2.20. The molecule has 0 amide bonds. The molecule has 0 aliphatic heterocycles. The van der Waals surface area contributed by atoms with Crippen LogP contribution in [0, 0.1) is 6.92 Å². The fraction of sp³-hybridized carbons (Fsp3) is 0.286. The second-order valence-corrected chi connectivity index (χ2v) is 3.78. The predicted molar refractivity (Wildman–Crippen MR) is 65.6 cm³/mol. The standard InChI is InChI=1S/C14H18O/c1-10(2)14(12(4)15-5)13-8-6-11(3)7-9-13/h6-9H,1H2,2-5H3/b14-12+. The summed E-state index contributed by atoms with van der Waals surface area (Å²) in [7, 11) is 1.69. The summed E-state index contributed by atoms with van der Waals surface area (Å²) in [6.07, 6.45) is 0. The van der Waals surface area contributed by atoms with Gasteiger partial charge in [0.15, 0.2) is 0 Å². The minimum absolute atomic E-state index is 0.909. The minimum atomic E-state index is 0.909. The summed E-state index contributed by atoms with van der Waals surface area (Å²) in [5.41, 5.74) is 4.54. The summed E-state index contributed by atoms with van der Waals surface area (Å²) in [6, 6.07) is 8.40. The van der Waals surface area contributed by atoms with Crippen molar-refractivity contribution >= 4 is 5.57 Å². The zero-order valence-electron chi connectivity index (χ0n) is 9.92. The number of benzene rings is 1. The fourth-order valence-electron chi connectivity index (χ4n) is 1.57. The van der Waals surface area contributed by atoms with Gasteiger partial charge in [-0.25, -0.2) is 0 Å². The van der Waals surface area contributed by atoms with Crippen LogP contribution >= 0.6 is 0 Å². The van der Waals surface area contributed by atoms with Gasteiger partial charge in [0.2, 0.25) is 0 Å². The van der Waals surface area contributed by atoms with Crippen LogP contribution in [0.25, 0.3) is 5.57 Å². The second-order valence-electron chi connectivity index (χ2n) is 3.78. The Morgan fingerprint density at radius 2 is 1.67 bits per heavy atom. The van der Waals surface area contributed by atoms with Crippen LogP contribution in [-0.2, 0) is 4.74 Å². The summed E-state index contributed by atoms with van der Waals surface area (Å²) in [4.78, 5) is 0. The van der Waals surface area contributed by atoms with E-state index in [0.29, 0.717) is 0 Å². The summed E-state index contributed by atoms with van der Waals surface area (Å²) < 4.78 is 5.28. The Labute approximate surface area is 92.1 Å². The number of rotatable bonds is 3. The van der Waals surface area contributed by atoms with Gasteiger partial charge in [-0.2, -0.15) is 0 Å². The molecular weight excluding hydrogens is 184 g/mol. The Morgan fingerprint density at radius 3 is 2.07 bits per heavy atom. The third-order valence-electron chi connectivity index (χ3n) is 2.43. The number of ether oxygens (including phenoxy) is 1. The zero-order valence-corrected chi connectivity index (χ0v) is 9.92. The van der Waals surface area contributed by atoms with Gasteiger partial charge in [-0.1, -0.05) is 36.4 Å². The Balaban J connectivity index is 3.23.